The van der Waals surface area contributed by atoms with E-state index in [9.17, 15) is 9.18 Å². The fraction of sp³-hybridized carbons (Fsp3) is 0.355. The van der Waals surface area contributed by atoms with Crippen molar-refractivity contribution in [1.82, 2.24) is 15.2 Å². The van der Waals surface area contributed by atoms with Gasteiger partial charge in [-0.05, 0) is 81.6 Å². The Hall–Kier alpha value is -3.20. The second-order valence-electron chi connectivity index (χ2n) is 9.90. The SMILES string of the molecule is CCOc1ncccc1-c1ccc(OC)c(CN(C(=O)c2sc3cccc(F)c3c2Cl)C2CCC(NC)CC2)c1. The van der Waals surface area contributed by atoms with Crippen molar-refractivity contribution in [2.45, 2.75) is 51.2 Å². The number of ether oxygens (including phenoxy) is 2. The first-order chi connectivity index (χ1) is 19.4. The Labute approximate surface area is 243 Å². The molecular weight excluding hydrogens is 549 g/mol. The highest BCUT2D eigenvalue weighted by Gasteiger charge is 2.32. The molecule has 5 rings (SSSR count). The molecule has 0 unspecified atom stereocenters. The number of nitrogens with one attached hydrogen (secondary N) is 1. The molecule has 40 heavy (non-hydrogen) atoms. The van der Waals surface area contributed by atoms with E-state index in [0.717, 1.165) is 42.4 Å². The third kappa shape index (κ3) is 5.66. The molecule has 2 heterocycles. The van der Waals surface area contributed by atoms with Crippen LogP contribution in [0.4, 0.5) is 4.39 Å². The van der Waals surface area contributed by atoms with Gasteiger partial charge in [-0.2, -0.15) is 0 Å². The molecule has 1 amide bonds. The number of methoxy groups -OCH3 is 1. The molecule has 2 aromatic carbocycles. The van der Waals surface area contributed by atoms with E-state index in [2.05, 4.69) is 10.3 Å². The van der Waals surface area contributed by atoms with Gasteiger partial charge in [0.1, 0.15) is 16.4 Å². The van der Waals surface area contributed by atoms with E-state index >= 15 is 0 Å². The van der Waals surface area contributed by atoms with Crippen molar-refractivity contribution >= 4 is 38.9 Å². The molecule has 1 fully saturated rings. The molecule has 0 saturated heterocycles. The van der Waals surface area contributed by atoms with Crippen molar-refractivity contribution in [1.29, 1.82) is 0 Å². The fourth-order valence-corrected chi connectivity index (χ4v) is 7.01. The number of nitrogens with zero attached hydrogens (tertiary/aromatic N) is 2. The largest absolute Gasteiger partial charge is 0.496 e. The number of fused-ring (bicyclic) bond motifs is 1. The first-order valence-electron chi connectivity index (χ1n) is 13.5. The van der Waals surface area contributed by atoms with Crippen LogP contribution in [0.3, 0.4) is 0 Å². The summed E-state index contributed by atoms with van der Waals surface area (Å²) in [5.74, 6) is 0.622. The number of aromatic nitrogens is 1. The smallest absolute Gasteiger partial charge is 0.266 e. The molecule has 0 bridgehead atoms. The van der Waals surface area contributed by atoms with Crippen LogP contribution in [0.2, 0.25) is 5.02 Å². The molecule has 0 atom stereocenters. The monoisotopic (exact) mass is 581 g/mol. The number of halogens is 2. The van der Waals surface area contributed by atoms with Gasteiger partial charge in [-0.3, -0.25) is 4.79 Å². The summed E-state index contributed by atoms with van der Waals surface area (Å²) in [4.78, 5) is 20.9. The Morgan fingerprint density at radius 1 is 1.18 bits per heavy atom. The van der Waals surface area contributed by atoms with E-state index in [0.29, 0.717) is 45.8 Å². The van der Waals surface area contributed by atoms with E-state index in [1.165, 1.54) is 17.4 Å². The maximum atomic E-state index is 14.7. The molecule has 1 N–H and O–H groups in total. The predicted octanol–water partition coefficient (Wildman–Crippen LogP) is 7.34. The van der Waals surface area contributed by atoms with Crippen molar-refractivity contribution in [2.24, 2.45) is 0 Å². The third-order valence-electron chi connectivity index (χ3n) is 7.59. The lowest BCUT2D eigenvalue weighted by atomic mass is 9.89. The number of pyridine rings is 1. The number of carbonyl (C=O) groups excluding carboxylic acids is 1. The average molecular weight is 582 g/mol. The zero-order valence-corrected chi connectivity index (χ0v) is 24.4. The van der Waals surface area contributed by atoms with Gasteiger partial charge in [-0.25, -0.2) is 9.37 Å². The van der Waals surface area contributed by atoms with Crippen molar-refractivity contribution < 1.29 is 18.7 Å². The van der Waals surface area contributed by atoms with Crippen LogP contribution in [0, 0.1) is 5.82 Å². The quantitative estimate of drug-likeness (QED) is 0.224. The van der Waals surface area contributed by atoms with Crippen molar-refractivity contribution in [3.63, 3.8) is 0 Å². The van der Waals surface area contributed by atoms with E-state index < -0.39 is 5.82 Å². The van der Waals surface area contributed by atoms with Crippen LogP contribution in [0.5, 0.6) is 11.6 Å². The van der Waals surface area contributed by atoms with E-state index in [4.69, 9.17) is 21.1 Å². The topological polar surface area (TPSA) is 63.7 Å². The average Bonchev–Trinajstić information content (AvgIpc) is 3.33. The number of hydrogen-bond acceptors (Lipinski definition) is 6. The van der Waals surface area contributed by atoms with Crippen molar-refractivity contribution in [3.05, 3.63) is 76.0 Å². The number of amides is 1. The van der Waals surface area contributed by atoms with Crippen LogP contribution in [0.15, 0.2) is 54.7 Å². The van der Waals surface area contributed by atoms with Crippen LogP contribution in [0.25, 0.3) is 21.2 Å². The Morgan fingerprint density at radius 3 is 2.67 bits per heavy atom. The van der Waals surface area contributed by atoms with Gasteiger partial charge in [-0.15, -0.1) is 11.3 Å². The van der Waals surface area contributed by atoms with Gasteiger partial charge in [0.05, 0.1) is 18.7 Å². The van der Waals surface area contributed by atoms with Crippen LogP contribution >= 0.6 is 22.9 Å². The zero-order chi connectivity index (χ0) is 28.2. The Kier molecular flexibility index (Phi) is 8.88. The summed E-state index contributed by atoms with van der Waals surface area (Å²) in [5, 5.41) is 3.84. The summed E-state index contributed by atoms with van der Waals surface area (Å²) < 4.78 is 26.8. The summed E-state index contributed by atoms with van der Waals surface area (Å²) in [6.07, 6.45) is 5.34. The lowest BCUT2D eigenvalue weighted by molar-refractivity contribution is 0.0604. The highest BCUT2D eigenvalue weighted by Crippen LogP contribution is 2.40. The number of carbonyl (C=O) groups is 1. The molecule has 1 aliphatic carbocycles. The first-order valence-corrected chi connectivity index (χ1v) is 14.7. The zero-order valence-electron chi connectivity index (χ0n) is 22.9. The Balaban J connectivity index is 1.55. The first kappa shape index (κ1) is 28.3. The van der Waals surface area contributed by atoms with Crippen LogP contribution in [-0.2, 0) is 6.54 Å². The van der Waals surface area contributed by atoms with Gasteiger partial charge >= 0.3 is 0 Å². The second-order valence-corrected chi connectivity index (χ2v) is 11.3. The van der Waals surface area contributed by atoms with Gasteiger partial charge in [0.25, 0.3) is 5.91 Å². The van der Waals surface area contributed by atoms with Gasteiger partial charge in [0, 0.05) is 46.0 Å². The van der Waals surface area contributed by atoms with Gasteiger partial charge in [-0.1, -0.05) is 23.7 Å². The number of hydrogen-bond donors (Lipinski definition) is 1. The molecule has 2 aromatic heterocycles. The number of thiophene rings is 1. The summed E-state index contributed by atoms with van der Waals surface area (Å²) in [7, 11) is 3.61. The standard InChI is InChI=1S/C31H33ClFN3O3S/c1-4-39-30-23(7-6-16-35-30)19-10-15-25(38-3)20(17-19)18-36(22-13-11-21(34-2)12-14-22)31(37)29-28(32)27-24(33)8-5-9-26(27)40-29/h5-10,15-17,21-22,34H,4,11-14,18H2,1-3H3. The molecule has 9 heteroatoms. The highest BCUT2D eigenvalue weighted by atomic mass is 35.5. The van der Waals surface area contributed by atoms with E-state index in [-0.39, 0.29) is 17.0 Å². The lowest BCUT2D eigenvalue weighted by Gasteiger charge is -2.37. The third-order valence-corrected chi connectivity index (χ3v) is 9.22. The van der Waals surface area contributed by atoms with Crippen LogP contribution < -0.4 is 14.8 Å². The summed E-state index contributed by atoms with van der Waals surface area (Å²) in [5.41, 5.74) is 2.64. The van der Waals surface area contributed by atoms with Crippen molar-refractivity contribution in [2.75, 3.05) is 20.8 Å². The van der Waals surface area contributed by atoms with Crippen LogP contribution in [0.1, 0.15) is 47.8 Å². The molecule has 210 valence electrons. The normalized spacial score (nSPS) is 17.1. The van der Waals surface area contributed by atoms with Crippen LogP contribution in [-0.4, -0.2) is 48.6 Å². The van der Waals surface area contributed by atoms with Gasteiger partial charge in [0.2, 0.25) is 5.88 Å². The summed E-state index contributed by atoms with van der Waals surface area (Å²) in [6.45, 7) is 2.75. The summed E-state index contributed by atoms with van der Waals surface area (Å²) in [6, 6.07) is 15.0. The highest BCUT2D eigenvalue weighted by molar-refractivity contribution is 7.21. The molecule has 4 aromatic rings. The lowest BCUT2D eigenvalue weighted by Crippen LogP contribution is -2.44. The predicted molar refractivity (Wildman–Crippen MR) is 159 cm³/mol. The Bertz CT molecular complexity index is 1500. The molecule has 1 aliphatic rings. The molecule has 0 spiro atoms. The van der Waals surface area contributed by atoms with Crippen molar-refractivity contribution in [3.8, 4) is 22.8 Å². The number of benzene rings is 2. The van der Waals surface area contributed by atoms with Gasteiger partial charge < -0.3 is 19.7 Å². The minimum atomic E-state index is -0.421. The molecule has 1 saturated carbocycles. The molecule has 0 aliphatic heterocycles. The minimum absolute atomic E-state index is 0.00830. The molecular formula is C31H33ClFN3O3S. The minimum Gasteiger partial charge on any atom is -0.496 e. The Morgan fingerprint density at radius 2 is 1.98 bits per heavy atom. The molecule has 6 nitrogen and oxygen atoms in total. The maximum absolute atomic E-state index is 14.7. The summed E-state index contributed by atoms with van der Waals surface area (Å²) >= 11 is 7.91. The van der Waals surface area contributed by atoms with E-state index in [1.807, 2.05) is 49.2 Å². The molecule has 0 radical (unpaired) electrons. The fourth-order valence-electron chi connectivity index (χ4n) is 5.50. The second kappa shape index (κ2) is 12.5. The maximum Gasteiger partial charge on any atom is 0.266 e. The van der Waals surface area contributed by atoms with Gasteiger partial charge in [0.15, 0.2) is 0 Å². The van der Waals surface area contributed by atoms with E-state index in [1.54, 1.807) is 25.4 Å². The number of rotatable bonds is 9.